The van der Waals surface area contributed by atoms with Crippen LogP contribution in [0.1, 0.15) is 45.2 Å². The van der Waals surface area contributed by atoms with E-state index >= 15 is 0 Å². The van der Waals surface area contributed by atoms with Crippen LogP contribution >= 0.6 is 0 Å². The third-order valence-corrected chi connectivity index (χ3v) is 3.98. The molecule has 0 spiro atoms. The Morgan fingerprint density at radius 2 is 2.19 bits per heavy atom. The third-order valence-electron chi connectivity index (χ3n) is 3.98. The first-order valence-corrected chi connectivity index (χ1v) is 6.68. The highest BCUT2D eigenvalue weighted by atomic mass is 15.0. The van der Waals surface area contributed by atoms with Crippen LogP contribution in [0.5, 0.6) is 0 Å². The number of hydrogen-bond donors (Lipinski definition) is 1. The molecule has 1 N–H and O–H groups in total. The molecular formula is C14H24N2. The fourth-order valence-electron chi connectivity index (χ4n) is 2.81. The van der Waals surface area contributed by atoms with Crippen molar-refractivity contribution in [1.29, 1.82) is 0 Å². The maximum absolute atomic E-state index is 3.68. The Morgan fingerprint density at radius 1 is 1.44 bits per heavy atom. The number of nitrogens with one attached hydrogen (secondary N) is 1. The molecule has 1 heterocycles. The van der Waals surface area contributed by atoms with Crippen LogP contribution in [0.15, 0.2) is 18.3 Å². The monoisotopic (exact) mass is 220 g/mol. The first kappa shape index (κ1) is 11.7. The molecule has 1 fully saturated rings. The van der Waals surface area contributed by atoms with E-state index in [0.29, 0.717) is 6.04 Å². The first-order chi connectivity index (χ1) is 7.81. The molecule has 2 rings (SSSR count). The van der Waals surface area contributed by atoms with E-state index in [0.717, 1.165) is 19.0 Å². The summed E-state index contributed by atoms with van der Waals surface area (Å²) in [4.78, 5) is 0. The van der Waals surface area contributed by atoms with Crippen molar-refractivity contribution in [3.8, 4) is 0 Å². The first-order valence-electron chi connectivity index (χ1n) is 6.68. The molecule has 0 bridgehead atoms. The van der Waals surface area contributed by atoms with E-state index in [1.807, 2.05) is 0 Å². The molecule has 0 aliphatic heterocycles. The second-order valence-corrected chi connectivity index (χ2v) is 5.00. The minimum absolute atomic E-state index is 0.669. The Bertz CT molecular complexity index is 310. The highest BCUT2D eigenvalue weighted by Gasteiger charge is 2.20. The molecule has 1 atom stereocenters. The van der Waals surface area contributed by atoms with Gasteiger partial charge in [0.2, 0.25) is 0 Å². The maximum Gasteiger partial charge on any atom is 0.0361 e. The molecule has 1 aliphatic rings. The molecule has 1 aromatic heterocycles. The van der Waals surface area contributed by atoms with E-state index in [4.69, 9.17) is 0 Å². The van der Waals surface area contributed by atoms with E-state index in [1.54, 1.807) is 0 Å². The molecule has 0 aromatic carbocycles. The molecule has 1 aliphatic carbocycles. The summed E-state index contributed by atoms with van der Waals surface area (Å²) >= 11 is 0. The molecule has 0 unspecified atom stereocenters. The zero-order valence-electron chi connectivity index (χ0n) is 10.6. The predicted octanol–water partition coefficient (Wildman–Crippen LogP) is 3.18. The van der Waals surface area contributed by atoms with Gasteiger partial charge < -0.3 is 9.88 Å². The molecule has 0 saturated heterocycles. The summed E-state index contributed by atoms with van der Waals surface area (Å²) in [5.74, 6) is 0.907. The van der Waals surface area contributed by atoms with Crippen molar-refractivity contribution in [1.82, 2.24) is 9.88 Å². The zero-order chi connectivity index (χ0) is 11.4. The van der Waals surface area contributed by atoms with Gasteiger partial charge in [-0.2, -0.15) is 0 Å². The van der Waals surface area contributed by atoms with Gasteiger partial charge in [-0.15, -0.1) is 0 Å². The summed E-state index contributed by atoms with van der Waals surface area (Å²) in [6, 6.07) is 5.03. The number of nitrogens with zero attached hydrogens (tertiary/aromatic N) is 1. The Morgan fingerprint density at radius 3 is 2.88 bits per heavy atom. The van der Waals surface area contributed by atoms with Gasteiger partial charge in [0.1, 0.15) is 0 Å². The van der Waals surface area contributed by atoms with E-state index in [2.05, 4.69) is 42.1 Å². The molecule has 90 valence electrons. The van der Waals surface area contributed by atoms with Crippen LogP contribution in [0.2, 0.25) is 0 Å². The number of aryl methyl sites for hydroxylation is 1. The summed E-state index contributed by atoms with van der Waals surface area (Å²) in [7, 11) is 0. The van der Waals surface area contributed by atoms with Gasteiger partial charge in [-0.25, -0.2) is 0 Å². The summed E-state index contributed by atoms with van der Waals surface area (Å²) in [6.45, 7) is 6.62. The van der Waals surface area contributed by atoms with Gasteiger partial charge in [0, 0.05) is 31.0 Å². The van der Waals surface area contributed by atoms with Gasteiger partial charge in [0.15, 0.2) is 0 Å². The normalized spacial score (nSPS) is 19.1. The number of hydrogen-bond acceptors (Lipinski definition) is 1. The molecule has 2 heteroatoms. The molecule has 0 radical (unpaired) electrons. The second kappa shape index (κ2) is 5.53. The standard InChI is InChI=1S/C14H24N2/c1-3-16-10-6-9-14(16)11-15-12(2)13-7-4-5-8-13/h6,9-10,12-13,15H,3-5,7-8,11H2,1-2H3/t12-/m0/s1. The van der Waals surface area contributed by atoms with Crippen LogP contribution in [0.25, 0.3) is 0 Å². The average Bonchev–Trinajstić information content (AvgIpc) is 2.96. The Hall–Kier alpha value is -0.760. The molecule has 1 aromatic rings. The molecule has 16 heavy (non-hydrogen) atoms. The van der Waals surface area contributed by atoms with Crippen molar-refractivity contribution in [3.05, 3.63) is 24.0 Å². The molecule has 1 saturated carbocycles. The summed E-state index contributed by atoms with van der Waals surface area (Å²) in [6.07, 6.45) is 7.87. The highest BCUT2D eigenvalue weighted by Crippen LogP contribution is 2.27. The van der Waals surface area contributed by atoms with Crippen molar-refractivity contribution < 1.29 is 0 Å². The third kappa shape index (κ3) is 2.67. The van der Waals surface area contributed by atoms with Crippen LogP contribution in [-0.4, -0.2) is 10.6 Å². The van der Waals surface area contributed by atoms with E-state index in [1.165, 1.54) is 31.4 Å². The smallest absolute Gasteiger partial charge is 0.0361 e. The highest BCUT2D eigenvalue weighted by molar-refractivity contribution is 5.07. The van der Waals surface area contributed by atoms with E-state index in [9.17, 15) is 0 Å². The van der Waals surface area contributed by atoms with Crippen molar-refractivity contribution >= 4 is 0 Å². The minimum Gasteiger partial charge on any atom is -0.351 e. The SMILES string of the molecule is CCn1cccc1CN[C@@H](C)C1CCCC1. The fourth-order valence-corrected chi connectivity index (χ4v) is 2.81. The van der Waals surface area contributed by atoms with Crippen LogP contribution in [-0.2, 0) is 13.1 Å². The largest absolute Gasteiger partial charge is 0.351 e. The average molecular weight is 220 g/mol. The lowest BCUT2D eigenvalue weighted by Crippen LogP contribution is -2.32. The summed E-state index contributed by atoms with van der Waals surface area (Å²) < 4.78 is 2.31. The molecule has 2 nitrogen and oxygen atoms in total. The fraction of sp³-hybridized carbons (Fsp3) is 0.714. The van der Waals surface area contributed by atoms with Crippen LogP contribution in [0.4, 0.5) is 0 Å². The second-order valence-electron chi connectivity index (χ2n) is 5.00. The summed E-state index contributed by atoms with van der Waals surface area (Å²) in [5.41, 5.74) is 1.41. The van der Waals surface area contributed by atoms with Crippen molar-refractivity contribution in [3.63, 3.8) is 0 Å². The number of aromatic nitrogens is 1. The molecular weight excluding hydrogens is 196 g/mol. The van der Waals surface area contributed by atoms with Crippen molar-refractivity contribution in [2.24, 2.45) is 5.92 Å². The van der Waals surface area contributed by atoms with Crippen molar-refractivity contribution in [2.75, 3.05) is 0 Å². The quantitative estimate of drug-likeness (QED) is 0.806. The van der Waals surface area contributed by atoms with Crippen LogP contribution in [0.3, 0.4) is 0 Å². The van der Waals surface area contributed by atoms with Gasteiger partial charge in [-0.3, -0.25) is 0 Å². The molecule has 0 amide bonds. The lowest BCUT2D eigenvalue weighted by molar-refractivity contribution is 0.376. The predicted molar refractivity (Wildman–Crippen MR) is 68.4 cm³/mol. The number of rotatable bonds is 5. The topological polar surface area (TPSA) is 17.0 Å². The zero-order valence-corrected chi connectivity index (χ0v) is 10.6. The lowest BCUT2D eigenvalue weighted by atomic mass is 10.00. The van der Waals surface area contributed by atoms with Crippen LogP contribution in [0, 0.1) is 5.92 Å². The minimum atomic E-state index is 0.669. The Kier molecular flexibility index (Phi) is 4.05. The van der Waals surface area contributed by atoms with Crippen LogP contribution < -0.4 is 5.32 Å². The van der Waals surface area contributed by atoms with E-state index in [-0.39, 0.29) is 0 Å². The lowest BCUT2D eigenvalue weighted by Gasteiger charge is -2.20. The van der Waals surface area contributed by atoms with Gasteiger partial charge in [0.05, 0.1) is 0 Å². The Balaban J connectivity index is 1.82. The van der Waals surface area contributed by atoms with Gasteiger partial charge in [0.25, 0.3) is 0 Å². The Labute approximate surface area is 99.0 Å². The van der Waals surface area contributed by atoms with E-state index < -0.39 is 0 Å². The van der Waals surface area contributed by atoms with Gasteiger partial charge >= 0.3 is 0 Å². The maximum atomic E-state index is 3.68. The van der Waals surface area contributed by atoms with Gasteiger partial charge in [-0.05, 0) is 44.7 Å². The summed E-state index contributed by atoms with van der Waals surface area (Å²) in [5, 5.41) is 3.68. The van der Waals surface area contributed by atoms with Gasteiger partial charge in [-0.1, -0.05) is 12.8 Å². The van der Waals surface area contributed by atoms with Crippen molar-refractivity contribution in [2.45, 2.75) is 58.7 Å².